The Morgan fingerprint density at radius 3 is 2.57 bits per heavy atom. The summed E-state index contributed by atoms with van der Waals surface area (Å²) in [7, 11) is -3.77. The average Bonchev–Trinajstić information content (AvgIpc) is 3.17. The third-order valence-electron chi connectivity index (χ3n) is 4.85. The Balaban J connectivity index is 1.63. The first-order valence-corrected chi connectivity index (χ1v) is 12.9. The highest BCUT2D eigenvalue weighted by Gasteiger charge is 2.21. The van der Waals surface area contributed by atoms with Gasteiger partial charge in [-0.25, -0.2) is 19.0 Å². The molecule has 3 aromatic rings. The summed E-state index contributed by atoms with van der Waals surface area (Å²) in [6.07, 6.45) is 5.42. The number of rotatable bonds is 5. The highest BCUT2D eigenvalue weighted by molar-refractivity contribution is 7.98. The Hall–Kier alpha value is -2.21. The van der Waals surface area contributed by atoms with Gasteiger partial charge in [-0.1, -0.05) is 11.8 Å². The Morgan fingerprint density at radius 1 is 1.23 bits per heavy atom. The molecule has 3 N–H and O–H groups in total. The van der Waals surface area contributed by atoms with Crippen LogP contribution in [-0.4, -0.2) is 44.0 Å². The Morgan fingerprint density at radius 2 is 1.93 bits per heavy atom. The van der Waals surface area contributed by atoms with Crippen molar-refractivity contribution < 1.29 is 13.6 Å². The van der Waals surface area contributed by atoms with E-state index < -0.39 is 10.0 Å². The van der Waals surface area contributed by atoms with Crippen molar-refractivity contribution in [2.75, 3.05) is 29.6 Å². The van der Waals surface area contributed by atoms with Gasteiger partial charge in [0, 0.05) is 18.8 Å². The summed E-state index contributed by atoms with van der Waals surface area (Å²) in [5.41, 5.74) is 0.483. The van der Waals surface area contributed by atoms with E-state index in [1.165, 1.54) is 53.8 Å². The fourth-order valence-corrected chi connectivity index (χ4v) is 5.20. The number of thiophene rings is 1. The molecule has 0 aliphatic carbocycles. The van der Waals surface area contributed by atoms with E-state index in [0.29, 0.717) is 15.7 Å². The van der Waals surface area contributed by atoms with Gasteiger partial charge in [-0.05, 0) is 55.9 Å². The third-order valence-corrected chi connectivity index (χ3v) is 7.33. The van der Waals surface area contributed by atoms with E-state index in [-0.39, 0.29) is 10.8 Å². The Labute approximate surface area is 182 Å². The lowest BCUT2D eigenvalue weighted by molar-refractivity contribution is 0.103. The van der Waals surface area contributed by atoms with E-state index in [4.69, 9.17) is 9.76 Å². The van der Waals surface area contributed by atoms with Crippen LogP contribution < -0.4 is 10.2 Å². The maximum absolute atomic E-state index is 12.8. The predicted octanol–water partition coefficient (Wildman–Crippen LogP) is 4.53. The van der Waals surface area contributed by atoms with Crippen LogP contribution in [0.25, 0.3) is 10.2 Å². The van der Waals surface area contributed by atoms with Gasteiger partial charge in [0.15, 0.2) is 15.2 Å². The van der Waals surface area contributed by atoms with E-state index >= 15 is 0 Å². The summed E-state index contributed by atoms with van der Waals surface area (Å²) in [5, 5.41) is 4.37. The predicted molar refractivity (Wildman–Crippen MR) is 121 cm³/mol. The van der Waals surface area contributed by atoms with E-state index in [0.717, 1.165) is 42.0 Å². The van der Waals surface area contributed by atoms with Crippen molar-refractivity contribution >= 4 is 60.7 Å². The number of nitrogens with one attached hydrogen (secondary N) is 2. The number of thioether (sulfide) groups is 1. The van der Waals surface area contributed by atoms with E-state index in [9.17, 15) is 13.6 Å². The van der Waals surface area contributed by atoms with Crippen LogP contribution in [0.4, 0.5) is 11.5 Å². The van der Waals surface area contributed by atoms with Gasteiger partial charge >= 0.3 is 0 Å². The van der Waals surface area contributed by atoms with Gasteiger partial charge in [-0.15, -0.1) is 11.3 Å². The van der Waals surface area contributed by atoms with E-state index in [1.807, 2.05) is 12.3 Å². The van der Waals surface area contributed by atoms with Crippen LogP contribution >= 0.6 is 23.1 Å². The molecule has 158 valence electrons. The van der Waals surface area contributed by atoms with Gasteiger partial charge in [0.25, 0.3) is 5.91 Å². The zero-order valence-electron chi connectivity index (χ0n) is 16.3. The molecule has 1 aliphatic rings. The van der Waals surface area contributed by atoms with Crippen molar-refractivity contribution in [2.24, 2.45) is 0 Å². The van der Waals surface area contributed by atoms with Crippen molar-refractivity contribution in [3.63, 3.8) is 0 Å². The van der Waals surface area contributed by atoms with Crippen molar-refractivity contribution in [1.82, 2.24) is 9.97 Å². The smallest absolute Gasteiger partial charge is 0.265 e. The average molecular weight is 464 g/mol. The molecule has 30 heavy (non-hydrogen) atoms. The number of carbonyl (C=O) groups excluding carboxylic acids is 1. The molecule has 1 fully saturated rings. The van der Waals surface area contributed by atoms with Crippen molar-refractivity contribution in [2.45, 2.75) is 29.3 Å². The van der Waals surface area contributed by atoms with Gasteiger partial charge in [0.1, 0.15) is 10.6 Å². The van der Waals surface area contributed by atoms with Gasteiger partial charge in [0.2, 0.25) is 0 Å². The lowest BCUT2D eigenvalue weighted by atomic mass is 10.1. The molecule has 11 heteroatoms. The minimum Gasteiger partial charge on any atom is -0.356 e. The van der Waals surface area contributed by atoms with Crippen molar-refractivity contribution in [1.29, 1.82) is 4.78 Å². The number of hydrogen-bond acceptors (Lipinski definition) is 8. The summed E-state index contributed by atoms with van der Waals surface area (Å²) >= 11 is 2.80. The molecule has 4 rings (SSSR count). The largest absolute Gasteiger partial charge is 0.356 e. The fourth-order valence-electron chi connectivity index (χ4n) is 3.35. The second-order valence-corrected chi connectivity index (χ2v) is 10.2. The van der Waals surface area contributed by atoms with Crippen LogP contribution in [0.1, 0.15) is 28.9 Å². The molecule has 3 heterocycles. The Kier molecular flexibility index (Phi) is 5.96. The first kappa shape index (κ1) is 21.0. The maximum atomic E-state index is 12.8. The molecule has 0 radical (unpaired) electrons. The molecule has 1 unspecified atom stereocenters. The number of hydrogen-bond donors (Lipinski definition) is 3. The van der Waals surface area contributed by atoms with Crippen molar-refractivity contribution in [3.05, 3.63) is 35.2 Å². The number of amides is 1. The lowest BCUT2D eigenvalue weighted by Crippen LogP contribution is -2.30. The minimum atomic E-state index is -3.77. The Bertz CT molecular complexity index is 1190. The SMILES string of the molecule is CSc1nc(N2CCCCC2)c2cc(C(=O)Nc3ccc(S(=N)(=O)O)cc3)sc2n1. The highest BCUT2D eigenvalue weighted by Crippen LogP contribution is 2.34. The van der Waals surface area contributed by atoms with Crippen LogP contribution in [0.2, 0.25) is 0 Å². The molecule has 8 nitrogen and oxygen atoms in total. The number of fused-ring (bicyclic) bond motifs is 1. The number of nitrogens with zero attached hydrogens (tertiary/aromatic N) is 3. The zero-order valence-corrected chi connectivity index (χ0v) is 18.7. The molecule has 1 saturated heterocycles. The molecule has 2 aromatic heterocycles. The standard InChI is InChI=1S/C19H21N5O3S3/c1-28-19-22-16(24-9-3-2-4-10-24)14-11-15(29-18(14)23-19)17(25)21-12-5-7-13(8-6-12)30(20,26)27/h5-8,11H,2-4,9-10H2,1H3,(H,21,25)(H2,20,26,27). The zero-order chi connectivity index (χ0) is 21.3. The topological polar surface area (TPSA) is 119 Å². The van der Waals surface area contributed by atoms with E-state index in [1.54, 1.807) is 0 Å². The second-order valence-electron chi connectivity index (χ2n) is 6.92. The third kappa shape index (κ3) is 4.43. The molecule has 0 bridgehead atoms. The van der Waals surface area contributed by atoms with Gasteiger partial charge in [-0.2, -0.15) is 0 Å². The molecular weight excluding hydrogens is 442 g/mol. The molecule has 1 aliphatic heterocycles. The number of anilines is 2. The number of aromatic nitrogens is 2. The monoisotopic (exact) mass is 463 g/mol. The maximum Gasteiger partial charge on any atom is 0.265 e. The highest BCUT2D eigenvalue weighted by atomic mass is 32.2. The van der Waals surface area contributed by atoms with Gasteiger partial charge in [-0.3, -0.25) is 9.35 Å². The van der Waals surface area contributed by atoms with Gasteiger partial charge < -0.3 is 10.2 Å². The number of piperidine rings is 1. The molecular formula is C19H21N5O3S3. The summed E-state index contributed by atoms with van der Waals surface area (Å²) in [5.74, 6) is 0.605. The molecule has 0 saturated carbocycles. The summed E-state index contributed by atoms with van der Waals surface area (Å²) < 4.78 is 27.9. The van der Waals surface area contributed by atoms with Crippen molar-refractivity contribution in [3.8, 4) is 0 Å². The minimum absolute atomic E-state index is 0.00611. The molecule has 1 amide bonds. The molecule has 1 atom stereocenters. The van der Waals surface area contributed by atoms with Gasteiger partial charge in [0.05, 0.1) is 15.2 Å². The summed E-state index contributed by atoms with van der Waals surface area (Å²) in [6, 6.07) is 7.58. The quantitative estimate of drug-likeness (QED) is 0.375. The van der Waals surface area contributed by atoms with Crippen LogP contribution in [0.3, 0.4) is 0 Å². The van der Waals surface area contributed by atoms with Crippen LogP contribution in [-0.2, 0) is 10.0 Å². The van der Waals surface area contributed by atoms with Crippen LogP contribution in [0.5, 0.6) is 0 Å². The van der Waals surface area contributed by atoms with Crippen LogP contribution in [0.15, 0.2) is 40.4 Å². The van der Waals surface area contributed by atoms with Crippen LogP contribution in [0, 0.1) is 4.78 Å². The normalized spacial score (nSPS) is 16.4. The number of carbonyl (C=O) groups is 1. The summed E-state index contributed by atoms with van der Waals surface area (Å²) in [4.78, 5) is 25.7. The first-order chi connectivity index (χ1) is 14.3. The molecule has 1 aromatic carbocycles. The van der Waals surface area contributed by atoms with E-state index in [2.05, 4.69) is 15.2 Å². The fraction of sp³-hybridized carbons (Fsp3) is 0.316. The molecule has 0 spiro atoms. The second kappa shape index (κ2) is 8.50. The first-order valence-electron chi connectivity index (χ1n) is 9.38. The lowest BCUT2D eigenvalue weighted by Gasteiger charge is -2.28. The number of benzene rings is 1. The summed E-state index contributed by atoms with van der Waals surface area (Å²) in [6.45, 7) is 1.90.